The highest BCUT2D eigenvalue weighted by Crippen LogP contribution is 2.48. The Morgan fingerprint density at radius 3 is 2.86 bits per heavy atom. The molecule has 0 spiro atoms. The lowest BCUT2D eigenvalue weighted by atomic mass is 9.73. The maximum absolute atomic E-state index is 11.4. The topological polar surface area (TPSA) is 76.0 Å². The fourth-order valence-electron chi connectivity index (χ4n) is 5.27. The first-order chi connectivity index (χ1) is 14.0. The molecule has 0 aliphatic heterocycles. The number of unbranched alkanes of at least 4 members (excludes halogenated alkanes) is 2. The first kappa shape index (κ1) is 22.6. The molecule has 29 heavy (non-hydrogen) atoms. The summed E-state index contributed by atoms with van der Waals surface area (Å²) in [6.07, 6.45) is 8.03. The van der Waals surface area contributed by atoms with Crippen molar-refractivity contribution in [3.8, 4) is 5.75 Å². The molecule has 2 radical (unpaired) electrons. The van der Waals surface area contributed by atoms with Gasteiger partial charge >= 0.3 is 22.6 Å². The number of aliphatic hydroxyl groups is 2. The van der Waals surface area contributed by atoms with Crippen LogP contribution < -0.4 is 4.74 Å². The Bertz CT molecular complexity index is 679. The predicted molar refractivity (Wildman–Crippen MR) is 112 cm³/mol. The van der Waals surface area contributed by atoms with E-state index in [1.54, 1.807) is 0 Å². The molecule has 5 nitrogen and oxygen atoms in total. The molecule has 3 rings (SSSR count). The Labute approximate surface area is 182 Å². The third-order valence-electron chi connectivity index (χ3n) is 6.80. The molecule has 0 saturated heterocycles. The molecular formula is C23H33AlO5. The zero-order valence-electron chi connectivity index (χ0n) is 17.4. The molecule has 6 heteroatoms. The number of aliphatic hydroxyl groups excluding tert-OH is 2. The second-order valence-electron chi connectivity index (χ2n) is 8.70. The molecule has 1 aromatic carbocycles. The number of hydrogen-bond donors (Lipinski definition) is 2. The van der Waals surface area contributed by atoms with Crippen LogP contribution in [0.1, 0.15) is 63.0 Å². The zero-order valence-corrected chi connectivity index (χ0v) is 18.5. The van der Waals surface area contributed by atoms with Gasteiger partial charge in [-0.25, -0.2) is 0 Å². The fourth-order valence-corrected chi connectivity index (χ4v) is 5.34. The van der Waals surface area contributed by atoms with Crippen LogP contribution >= 0.6 is 0 Å². The summed E-state index contributed by atoms with van der Waals surface area (Å²) in [4.78, 5) is 11.4. The summed E-state index contributed by atoms with van der Waals surface area (Å²) in [6, 6.07) is 6.01. The second kappa shape index (κ2) is 10.8. The van der Waals surface area contributed by atoms with Gasteiger partial charge in [0.25, 0.3) is 0 Å². The molecule has 158 valence electrons. The van der Waals surface area contributed by atoms with Crippen LogP contribution in [0.2, 0.25) is 0 Å². The number of ether oxygens (including phenoxy) is 1. The van der Waals surface area contributed by atoms with E-state index in [1.165, 1.54) is 18.4 Å². The average Bonchev–Trinajstić information content (AvgIpc) is 3.02. The van der Waals surface area contributed by atoms with E-state index >= 15 is 0 Å². The minimum absolute atomic E-state index is 0.102. The van der Waals surface area contributed by atoms with Crippen molar-refractivity contribution in [1.29, 1.82) is 0 Å². The van der Waals surface area contributed by atoms with Crippen LogP contribution in [-0.4, -0.2) is 51.6 Å². The molecule has 0 heterocycles. The summed E-state index contributed by atoms with van der Waals surface area (Å²) in [5, 5.41) is 21.0. The lowest BCUT2D eigenvalue weighted by molar-refractivity contribution is -0.136. The van der Waals surface area contributed by atoms with Gasteiger partial charge in [-0.05, 0) is 73.5 Å². The van der Waals surface area contributed by atoms with Gasteiger partial charge in [-0.2, -0.15) is 0 Å². The zero-order chi connectivity index (χ0) is 20.8. The first-order valence-corrected chi connectivity index (χ1v) is 11.5. The van der Waals surface area contributed by atoms with Crippen molar-refractivity contribution in [1.82, 2.24) is 0 Å². The standard InChI is InChI=1S/C23H34O5.Al/c1-2-3-4-7-17(24)9-10-18-19-11-15-6-5-8-22(28-14-23(26)27)20(15)12-16(19)13-21(18)25;/h5-6,8,16-19,21,24-25H,2-4,7,9-14H2,1H3,(H,26,27);/q;+1/p-1/t16-,17-,18+,19-,21+;/m0./s1. The second-order valence-corrected chi connectivity index (χ2v) is 8.93. The molecule has 2 aliphatic rings. The van der Waals surface area contributed by atoms with Crippen LogP contribution in [0.25, 0.3) is 0 Å². The highest BCUT2D eigenvalue weighted by molar-refractivity contribution is 6.05. The molecule has 1 saturated carbocycles. The predicted octanol–water partition coefficient (Wildman–Crippen LogP) is 3.13. The summed E-state index contributed by atoms with van der Waals surface area (Å²) < 4.78 is 10.3. The van der Waals surface area contributed by atoms with E-state index in [0.29, 0.717) is 11.8 Å². The van der Waals surface area contributed by atoms with E-state index in [2.05, 4.69) is 16.8 Å². The molecular weight excluding hydrogens is 383 g/mol. The maximum Gasteiger partial charge on any atom is 0.485 e. The fraction of sp³-hybridized carbons (Fsp3) is 0.696. The molecule has 0 aromatic heterocycles. The van der Waals surface area contributed by atoms with Gasteiger partial charge in [0.2, 0.25) is 0 Å². The van der Waals surface area contributed by atoms with Gasteiger partial charge in [-0.3, -0.25) is 4.79 Å². The van der Waals surface area contributed by atoms with Crippen molar-refractivity contribution in [3.63, 3.8) is 0 Å². The van der Waals surface area contributed by atoms with E-state index in [1.807, 2.05) is 28.8 Å². The van der Waals surface area contributed by atoms with E-state index in [4.69, 9.17) is 4.74 Å². The average molecular weight is 416 g/mol. The Morgan fingerprint density at radius 1 is 1.28 bits per heavy atom. The summed E-state index contributed by atoms with van der Waals surface area (Å²) >= 11 is 1.95. The molecule has 1 aromatic rings. The van der Waals surface area contributed by atoms with Gasteiger partial charge in [0, 0.05) is 0 Å². The number of hydrogen-bond acceptors (Lipinski definition) is 5. The lowest BCUT2D eigenvalue weighted by Crippen LogP contribution is -2.28. The molecule has 1 fully saturated rings. The molecule has 0 amide bonds. The minimum Gasteiger partial charge on any atom is -0.626 e. The Balaban J connectivity index is 1.62. The largest absolute Gasteiger partial charge is 0.626 e. The van der Waals surface area contributed by atoms with E-state index < -0.39 is 5.97 Å². The van der Waals surface area contributed by atoms with Gasteiger partial charge in [-0.1, -0.05) is 38.3 Å². The number of rotatable bonds is 10. The van der Waals surface area contributed by atoms with E-state index in [-0.39, 0.29) is 24.7 Å². The van der Waals surface area contributed by atoms with Gasteiger partial charge in [0.15, 0.2) is 6.61 Å². The summed E-state index contributed by atoms with van der Waals surface area (Å²) in [5.74, 6) is 1.46. The van der Waals surface area contributed by atoms with E-state index in [9.17, 15) is 15.0 Å². The first-order valence-electron chi connectivity index (χ1n) is 11.0. The summed E-state index contributed by atoms with van der Waals surface area (Å²) in [5.41, 5.74) is 2.42. The van der Waals surface area contributed by atoms with Gasteiger partial charge in [0.05, 0.1) is 12.2 Å². The highest BCUT2D eigenvalue weighted by atomic mass is 27.1. The normalized spacial score (nSPS) is 26.4. The van der Waals surface area contributed by atoms with Crippen molar-refractivity contribution in [2.24, 2.45) is 17.8 Å². The number of carbonyl (C=O) groups is 1. The lowest BCUT2D eigenvalue weighted by Gasteiger charge is -2.32. The Kier molecular flexibility index (Phi) is 8.44. The van der Waals surface area contributed by atoms with Crippen molar-refractivity contribution in [2.75, 3.05) is 6.61 Å². The monoisotopic (exact) mass is 416 g/mol. The molecule has 2 aliphatic carbocycles. The highest BCUT2D eigenvalue weighted by Gasteiger charge is 2.44. The van der Waals surface area contributed by atoms with Crippen molar-refractivity contribution >= 4 is 22.6 Å². The summed E-state index contributed by atoms with van der Waals surface area (Å²) in [6.45, 7) is 2.07. The van der Waals surface area contributed by atoms with Crippen LogP contribution in [0.5, 0.6) is 5.75 Å². The summed E-state index contributed by atoms with van der Waals surface area (Å²) in [7, 11) is 0. The molecule has 2 N–H and O–H groups in total. The number of benzene rings is 1. The third-order valence-corrected chi connectivity index (χ3v) is 7.06. The van der Waals surface area contributed by atoms with Gasteiger partial charge in [-0.15, -0.1) is 0 Å². The third kappa shape index (κ3) is 5.76. The van der Waals surface area contributed by atoms with Crippen LogP contribution in [0, 0.1) is 17.8 Å². The van der Waals surface area contributed by atoms with Crippen LogP contribution in [0.4, 0.5) is 0 Å². The minimum atomic E-state index is -0.421. The van der Waals surface area contributed by atoms with Gasteiger partial charge in [0.1, 0.15) is 5.75 Å². The van der Waals surface area contributed by atoms with Crippen molar-refractivity contribution in [3.05, 3.63) is 29.3 Å². The SMILES string of the molecule is CCCCC[C@H](O)CC[C@@H]1[C@H]2Cc3cccc(OCC(=O)[O][Al])c3C[C@H]2C[C@H]1O. The molecule has 5 atom stereocenters. The quantitative estimate of drug-likeness (QED) is 0.453. The maximum atomic E-state index is 11.4. The Hall–Kier alpha value is -1.06. The molecule has 0 bridgehead atoms. The van der Waals surface area contributed by atoms with Gasteiger partial charge < -0.3 is 18.7 Å². The van der Waals surface area contributed by atoms with Crippen molar-refractivity contribution in [2.45, 2.75) is 76.9 Å². The van der Waals surface area contributed by atoms with Crippen LogP contribution in [-0.2, 0) is 21.4 Å². The Morgan fingerprint density at radius 2 is 2.10 bits per heavy atom. The smallest absolute Gasteiger partial charge is 0.485 e. The molecule has 0 unspecified atom stereocenters. The van der Waals surface area contributed by atoms with Crippen LogP contribution in [0.15, 0.2) is 18.2 Å². The number of carbonyl (C=O) groups excluding carboxylic acids is 1. The number of fused-ring (bicyclic) bond motifs is 2. The van der Waals surface area contributed by atoms with Crippen molar-refractivity contribution < 1.29 is 23.5 Å². The van der Waals surface area contributed by atoms with Crippen LogP contribution in [0.3, 0.4) is 0 Å². The van der Waals surface area contributed by atoms with E-state index in [0.717, 1.165) is 56.3 Å².